The van der Waals surface area contributed by atoms with Gasteiger partial charge in [-0.15, -0.1) is 0 Å². The molecule has 1 amide bonds. The van der Waals surface area contributed by atoms with Crippen molar-refractivity contribution in [2.45, 2.75) is 25.8 Å². The van der Waals surface area contributed by atoms with Crippen LogP contribution in [0.1, 0.15) is 28.8 Å². The van der Waals surface area contributed by atoms with E-state index in [1.165, 1.54) is 8.61 Å². The average molecular weight is 352 g/mol. The third-order valence-corrected chi connectivity index (χ3v) is 6.87. The van der Waals surface area contributed by atoms with Crippen molar-refractivity contribution in [2.75, 3.05) is 33.7 Å². The van der Waals surface area contributed by atoms with Gasteiger partial charge in [-0.2, -0.15) is 17.0 Å². The topological polar surface area (TPSA) is 73.8 Å². The molecular weight excluding hydrogens is 328 g/mol. The highest BCUT2D eigenvalue weighted by Crippen LogP contribution is 2.31. The van der Waals surface area contributed by atoms with Crippen LogP contribution in [-0.2, 0) is 10.2 Å². The Balaban J connectivity index is 1.87. The van der Waals surface area contributed by atoms with Gasteiger partial charge in [0.2, 0.25) is 0 Å². The molecule has 0 aliphatic carbocycles. The Hall–Kier alpha value is -1.51. The summed E-state index contributed by atoms with van der Waals surface area (Å²) < 4.78 is 27.8. The summed E-state index contributed by atoms with van der Waals surface area (Å²) in [6, 6.07) is 1.75. The van der Waals surface area contributed by atoms with Gasteiger partial charge in [0, 0.05) is 52.2 Å². The smallest absolute Gasteiger partial charge is 0.281 e. The Morgan fingerprint density at radius 3 is 2.67 bits per heavy atom. The van der Waals surface area contributed by atoms with Crippen LogP contribution in [0, 0.1) is 12.8 Å². The fraction of sp³-hybridized carbons (Fsp3) is 0.625. The molecule has 132 valence electrons. The molecule has 1 aromatic heterocycles. The highest BCUT2D eigenvalue weighted by molar-refractivity contribution is 7.86. The van der Waals surface area contributed by atoms with Crippen molar-refractivity contribution in [1.82, 2.24) is 18.5 Å². The van der Waals surface area contributed by atoms with Crippen LogP contribution in [-0.4, -0.2) is 72.6 Å². The second-order valence-corrected chi connectivity index (χ2v) is 8.99. The van der Waals surface area contributed by atoms with E-state index in [1.54, 1.807) is 26.5 Å². The van der Waals surface area contributed by atoms with E-state index in [1.807, 2.05) is 17.9 Å². The molecule has 0 unspecified atom stereocenters. The maximum Gasteiger partial charge on any atom is 0.281 e. The van der Waals surface area contributed by atoms with E-state index >= 15 is 0 Å². The zero-order valence-corrected chi connectivity index (χ0v) is 15.2. The normalized spacial score (nSPS) is 25.1. The van der Waals surface area contributed by atoms with Gasteiger partial charge >= 0.3 is 0 Å². The van der Waals surface area contributed by atoms with Crippen LogP contribution in [0.3, 0.4) is 0 Å². The van der Waals surface area contributed by atoms with Crippen molar-refractivity contribution >= 4 is 16.1 Å². The zero-order valence-electron chi connectivity index (χ0n) is 14.3. The fourth-order valence-electron chi connectivity index (χ4n) is 3.55. The van der Waals surface area contributed by atoms with Crippen LogP contribution >= 0.6 is 0 Å². The highest BCUT2D eigenvalue weighted by atomic mass is 32.2. The Kier molecular flexibility index (Phi) is 4.63. The molecule has 0 spiro atoms. The molecule has 0 N–H and O–H groups in total. The summed E-state index contributed by atoms with van der Waals surface area (Å²) in [5.74, 6) is 0.138. The number of aryl methyl sites for hydroxylation is 1. The minimum absolute atomic E-state index is 0.0422. The number of hydrogen-bond donors (Lipinski definition) is 0. The maximum atomic E-state index is 13.0. The number of rotatable bonds is 3. The van der Waals surface area contributed by atoms with Gasteiger partial charge in [0.05, 0.1) is 5.56 Å². The Bertz CT molecular complexity index is 735. The van der Waals surface area contributed by atoms with Gasteiger partial charge in [0.1, 0.15) is 0 Å². The van der Waals surface area contributed by atoms with E-state index in [-0.39, 0.29) is 17.9 Å². The molecule has 3 fully saturated rings. The van der Waals surface area contributed by atoms with Crippen molar-refractivity contribution < 1.29 is 13.2 Å². The number of pyridine rings is 1. The fourth-order valence-corrected chi connectivity index (χ4v) is 4.77. The van der Waals surface area contributed by atoms with Crippen molar-refractivity contribution in [3.05, 3.63) is 29.6 Å². The molecule has 0 saturated carbocycles. The number of aromatic nitrogens is 1. The summed E-state index contributed by atoms with van der Waals surface area (Å²) in [7, 11) is -0.363. The summed E-state index contributed by atoms with van der Waals surface area (Å²) in [6.45, 7) is 3.35. The molecule has 2 atom stereocenters. The standard InChI is InChI=1S/C16H24N4O3S/c1-12-6-7-17-8-15(12)16(21)20-10-13-4-5-14(20)11-19(9-13)24(22,23)18(2)3/h6-8,13-14H,4-5,9-11H2,1-3H3/t13-,14+/m1/s1. The van der Waals surface area contributed by atoms with Gasteiger partial charge < -0.3 is 4.90 Å². The monoisotopic (exact) mass is 352 g/mol. The van der Waals surface area contributed by atoms with E-state index < -0.39 is 10.2 Å². The second kappa shape index (κ2) is 6.42. The second-order valence-electron chi connectivity index (χ2n) is 6.85. The SMILES string of the molecule is Cc1ccncc1C(=O)N1C[C@@H]2CC[C@H]1CN(S(=O)(=O)N(C)C)C2. The summed E-state index contributed by atoms with van der Waals surface area (Å²) in [4.78, 5) is 18.9. The number of fused-ring (bicyclic) bond motifs is 4. The molecule has 7 nitrogen and oxygen atoms in total. The van der Waals surface area contributed by atoms with Crippen molar-refractivity contribution in [1.29, 1.82) is 0 Å². The first-order valence-corrected chi connectivity index (χ1v) is 9.59. The van der Waals surface area contributed by atoms with Gasteiger partial charge in [-0.05, 0) is 37.3 Å². The lowest BCUT2D eigenvalue weighted by Gasteiger charge is -2.36. The van der Waals surface area contributed by atoms with Gasteiger partial charge in [0.15, 0.2) is 0 Å². The zero-order chi connectivity index (χ0) is 17.5. The molecule has 8 heteroatoms. The van der Waals surface area contributed by atoms with Gasteiger partial charge in [-0.3, -0.25) is 9.78 Å². The number of piperidine rings is 1. The first-order valence-electron chi connectivity index (χ1n) is 8.20. The quantitative estimate of drug-likeness (QED) is 0.804. The van der Waals surface area contributed by atoms with Crippen molar-refractivity contribution in [3.8, 4) is 0 Å². The predicted octanol–water partition coefficient (Wildman–Crippen LogP) is 0.733. The van der Waals surface area contributed by atoms with Crippen LogP contribution < -0.4 is 0 Å². The summed E-state index contributed by atoms with van der Waals surface area (Å²) in [6.07, 6.45) is 5.08. The lowest BCUT2D eigenvalue weighted by atomic mass is 9.94. The molecule has 4 heterocycles. The molecule has 3 aliphatic heterocycles. The first-order chi connectivity index (χ1) is 11.3. The minimum atomic E-state index is -3.45. The van der Waals surface area contributed by atoms with Crippen LogP contribution in [0.25, 0.3) is 0 Å². The predicted molar refractivity (Wildman–Crippen MR) is 90.7 cm³/mol. The molecule has 0 radical (unpaired) electrons. The summed E-state index contributed by atoms with van der Waals surface area (Å²) in [5, 5.41) is 0. The molecule has 4 rings (SSSR count). The summed E-state index contributed by atoms with van der Waals surface area (Å²) >= 11 is 0. The lowest BCUT2D eigenvalue weighted by Crippen LogP contribution is -2.48. The first kappa shape index (κ1) is 17.3. The molecule has 3 aliphatic rings. The molecule has 1 aromatic rings. The number of carbonyl (C=O) groups is 1. The van der Waals surface area contributed by atoms with Gasteiger partial charge in [0.25, 0.3) is 16.1 Å². The van der Waals surface area contributed by atoms with Gasteiger partial charge in [-0.1, -0.05) is 0 Å². The minimum Gasteiger partial charge on any atom is -0.334 e. The summed E-state index contributed by atoms with van der Waals surface area (Å²) in [5.41, 5.74) is 1.50. The third kappa shape index (κ3) is 3.05. The van der Waals surface area contributed by atoms with Crippen molar-refractivity contribution in [3.63, 3.8) is 0 Å². The number of amides is 1. The van der Waals surface area contributed by atoms with E-state index in [9.17, 15) is 13.2 Å². The average Bonchev–Trinajstić information content (AvgIpc) is 2.87. The Labute approximate surface area is 143 Å². The molecule has 2 bridgehead atoms. The lowest BCUT2D eigenvalue weighted by molar-refractivity contribution is 0.0587. The molecule has 0 aromatic carbocycles. The number of carbonyl (C=O) groups excluding carboxylic acids is 1. The Morgan fingerprint density at radius 1 is 1.25 bits per heavy atom. The molecule has 24 heavy (non-hydrogen) atoms. The molecular formula is C16H24N4O3S. The van der Waals surface area contributed by atoms with Crippen LogP contribution in [0.15, 0.2) is 18.5 Å². The van der Waals surface area contributed by atoms with Gasteiger partial charge in [-0.25, -0.2) is 0 Å². The largest absolute Gasteiger partial charge is 0.334 e. The van der Waals surface area contributed by atoms with Crippen molar-refractivity contribution in [2.24, 2.45) is 5.92 Å². The van der Waals surface area contributed by atoms with E-state index in [2.05, 4.69) is 4.98 Å². The van der Waals surface area contributed by atoms with Crippen LogP contribution in [0.4, 0.5) is 0 Å². The number of hydrogen-bond acceptors (Lipinski definition) is 4. The molecule has 3 saturated heterocycles. The van der Waals surface area contributed by atoms with Crippen LogP contribution in [0.2, 0.25) is 0 Å². The van der Waals surface area contributed by atoms with E-state index in [0.717, 1.165) is 18.4 Å². The number of nitrogens with zero attached hydrogens (tertiary/aromatic N) is 4. The Morgan fingerprint density at radius 2 is 2.00 bits per heavy atom. The highest BCUT2D eigenvalue weighted by Gasteiger charge is 2.41. The van der Waals surface area contributed by atoms with Crippen LogP contribution in [0.5, 0.6) is 0 Å². The third-order valence-electron chi connectivity index (χ3n) is 5.00. The maximum absolute atomic E-state index is 13.0. The van der Waals surface area contributed by atoms with E-state index in [0.29, 0.717) is 25.2 Å². The van der Waals surface area contributed by atoms with E-state index in [4.69, 9.17) is 0 Å².